The van der Waals surface area contributed by atoms with E-state index in [2.05, 4.69) is 0 Å². The van der Waals surface area contributed by atoms with E-state index in [0.29, 0.717) is 5.92 Å². The van der Waals surface area contributed by atoms with Crippen LogP contribution in [0, 0.1) is 11.7 Å². The predicted octanol–water partition coefficient (Wildman–Crippen LogP) is 3.41. The number of benzene rings is 1. The van der Waals surface area contributed by atoms with E-state index in [0.717, 1.165) is 5.56 Å². The van der Waals surface area contributed by atoms with Gasteiger partial charge in [-0.1, -0.05) is 31.4 Å². The summed E-state index contributed by atoms with van der Waals surface area (Å²) in [4.78, 5) is 0. The van der Waals surface area contributed by atoms with Crippen LogP contribution in [0.4, 0.5) is 4.39 Å². The Morgan fingerprint density at radius 3 is 2.60 bits per heavy atom. The van der Waals surface area contributed by atoms with Gasteiger partial charge in [-0.25, -0.2) is 4.39 Å². The second-order valence-electron chi connectivity index (χ2n) is 4.48. The van der Waals surface area contributed by atoms with Gasteiger partial charge in [0, 0.05) is 6.04 Å². The molecule has 2 N–H and O–H groups in total. The first-order valence-electron chi connectivity index (χ1n) is 5.78. The van der Waals surface area contributed by atoms with Crippen LogP contribution in [0.1, 0.15) is 43.7 Å². The quantitative estimate of drug-likeness (QED) is 0.790. The monoisotopic (exact) mass is 207 g/mol. The van der Waals surface area contributed by atoms with Gasteiger partial charge in [-0.3, -0.25) is 0 Å². The van der Waals surface area contributed by atoms with Crippen molar-refractivity contribution >= 4 is 0 Å². The van der Waals surface area contributed by atoms with Crippen LogP contribution in [0.2, 0.25) is 0 Å². The molecule has 15 heavy (non-hydrogen) atoms. The molecule has 1 aliphatic rings. The summed E-state index contributed by atoms with van der Waals surface area (Å²) in [5, 5.41) is 0. The van der Waals surface area contributed by atoms with Crippen molar-refractivity contribution in [1.29, 1.82) is 0 Å². The van der Waals surface area contributed by atoms with Gasteiger partial charge in [0.05, 0.1) is 0 Å². The lowest BCUT2D eigenvalue weighted by molar-refractivity contribution is 0.308. The van der Waals surface area contributed by atoms with Crippen molar-refractivity contribution in [2.45, 2.75) is 38.1 Å². The largest absolute Gasteiger partial charge is 0.324 e. The number of hydrogen-bond donors (Lipinski definition) is 1. The molecule has 0 saturated heterocycles. The maximum atomic E-state index is 13.0. The zero-order chi connectivity index (χ0) is 10.7. The van der Waals surface area contributed by atoms with Gasteiger partial charge in [0.1, 0.15) is 5.82 Å². The average molecular weight is 207 g/mol. The summed E-state index contributed by atoms with van der Waals surface area (Å²) in [5.41, 5.74) is 7.12. The van der Waals surface area contributed by atoms with Crippen molar-refractivity contribution in [3.63, 3.8) is 0 Å². The molecular formula is C13H18FN. The highest BCUT2D eigenvalue weighted by Crippen LogP contribution is 2.32. The van der Waals surface area contributed by atoms with Crippen LogP contribution >= 0.6 is 0 Å². The molecular weight excluding hydrogens is 189 g/mol. The molecule has 1 fully saturated rings. The molecule has 1 nitrogen and oxygen atoms in total. The van der Waals surface area contributed by atoms with Crippen molar-refractivity contribution in [2.75, 3.05) is 0 Å². The lowest BCUT2D eigenvalue weighted by Gasteiger charge is -2.27. The molecule has 2 rings (SSSR count). The lowest BCUT2D eigenvalue weighted by Crippen LogP contribution is -2.23. The van der Waals surface area contributed by atoms with Crippen molar-refractivity contribution in [3.8, 4) is 0 Å². The minimum Gasteiger partial charge on any atom is -0.324 e. The van der Waals surface area contributed by atoms with Crippen LogP contribution in [-0.4, -0.2) is 0 Å². The third kappa shape index (κ3) is 2.57. The molecule has 1 atom stereocenters. The van der Waals surface area contributed by atoms with E-state index in [-0.39, 0.29) is 11.9 Å². The second kappa shape index (κ2) is 4.75. The number of halogens is 1. The summed E-state index contributed by atoms with van der Waals surface area (Å²) in [5.74, 6) is 0.360. The van der Waals surface area contributed by atoms with E-state index in [9.17, 15) is 4.39 Å². The molecule has 0 bridgehead atoms. The summed E-state index contributed by atoms with van der Waals surface area (Å²) >= 11 is 0. The highest BCUT2D eigenvalue weighted by molar-refractivity contribution is 5.20. The smallest absolute Gasteiger partial charge is 0.123 e. The van der Waals surface area contributed by atoms with E-state index in [1.807, 2.05) is 6.07 Å². The van der Waals surface area contributed by atoms with Crippen molar-refractivity contribution in [1.82, 2.24) is 0 Å². The third-order valence-corrected chi connectivity index (χ3v) is 3.39. The molecule has 0 radical (unpaired) electrons. The van der Waals surface area contributed by atoms with Gasteiger partial charge >= 0.3 is 0 Å². The fourth-order valence-electron chi connectivity index (χ4n) is 2.48. The van der Waals surface area contributed by atoms with Crippen molar-refractivity contribution in [2.24, 2.45) is 11.7 Å². The zero-order valence-corrected chi connectivity index (χ0v) is 8.95. The van der Waals surface area contributed by atoms with E-state index in [1.54, 1.807) is 12.1 Å². The summed E-state index contributed by atoms with van der Waals surface area (Å²) in [6, 6.07) is 6.73. The Kier molecular flexibility index (Phi) is 3.37. The molecule has 2 heteroatoms. The highest BCUT2D eigenvalue weighted by Gasteiger charge is 2.21. The summed E-state index contributed by atoms with van der Waals surface area (Å²) in [6.45, 7) is 0. The molecule has 0 aliphatic heterocycles. The van der Waals surface area contributed by atoms with Crippen LogP contribution in [0.5, 0.6) is 0 Å². The first-order valence-corrected chi connectivity index (χ1v) is 5.78. The normalized spacial score (nSPS) is 20.1. The maximum absolute atomic E-state index is 13.0. The van der Waals surface area contributed by atoms with Gasteiger partial charge in [-0.15, -0.1) is 0 Å². The Bertz CT molecular complexity index is 318. The Morgan fingerprint density at radius 2 is 1.93 bits per heavy atom. The Morgan fingerprint density at radius 1 is 1.20 bits per heavy atom. The number of nitrogens with two attached hydrogens (primary N) is 1. The van der Waals surface area contributed by atoms with Crippen LogP contribution in [0.25, 0.3) is 0 Å². The Balaban J connectivity index is 2.08. The van der Waals surface area contributed by atoms with E-state index in [1.165, 1.54) is 38.2 Å². The Labute approximate surface area is 90.5 Å². The van der Waals surface area contributed by atoms with Crippen molar-refractivity contribution < 1.29 is 4.39 Å². The van der Waals surface area contributed by atoms with Crippen LogP contribution < -0.4 is 5.73 Å². The number of rotatable bonds is 2. The molecule has 1 saturated carbocycles. The molecule has 1 aromatic carbocycles. The zero-order valence-electron chi connectivity index (χ0n) is 8.95. The van der Waals surface area contributed by atoms with E-state index < -0.39 is 0 Å². The lowest BCUT2D eigenvalue weighted by atomic mass is 9.81. The van der Waals surface area contributed by atoms with Gasteiger partial charge in [-0.2, -0.15) is 0 Å². The predicted molar refractivity (Wildman–Crippen MR) is 59.9 cm³/mol. The first kappa shape index (κ1) is 10.6. The minimum absolute atomic E-state index is 0.0148. The Hall–Kier alpha value is -0.890. The molecule has 0 amide bonds. The van der Waals surface area contributed by atoms with Gasteiger partial charge in [-0.05, 0) is 36.5 Å². The third-order valence-electron chi connectivity index (χ3n) is 3.39. The van der Waals surface area contributed by atoms with Gasteiger partial charge in [0.2, 0.25) is 0 Å². The van der Waals surface area contributed by atoms with Crippen LogP contribution in [-0.2, 0) is 0 Å². The van der Waals surface area contributed by atoms with Gasteiger partial charge < -0.3 is 5.73 Å². The first-order chi connectivity index (χ1) is 7.27. The summed E-state index contributed by atoms with van der Waals surface area (Å²) in [6.07, 6.45) is 6.25. The fourth-order valence-corrected chi connectivity index (χ4v) is 2.48. The molecule has 0 heterocycles. The molecule has 1 aliphatic carbocycles. The van der Waals surface area contributed by atoms with Crippen LogP contribution in [0.15, 0.2) is 24.3 Å². The summed E-state index contributed by atoms with van der Waals surface area (Å²) < 4.78 is 13.0. The number of hydrogen-bond acceptors (Lipinski definition) is 1. The maximum Gasteiger partial charge on any atom is 0.123 e. The van der Waals surface area contributed by atoms with Crippen molar-refractivity contribution in [3.05, 3.63) is 35.6 Å². The van der Waals surface area contributed by atoms with Gasteiger partial charge in [0.25, 0.3) is 0 Å². The SMILES string of the molecule is N[C@H](c1cccc(F)c1)C1CCCCC1. The summed E-state index contributed by atoms with van der Waals surface area (Å²) in [7, 11) is 0. The average Bonchev–Trinajstić information content (AvgIpc) is 2.29. The second-order valence-corrected chi connectivity index (χ2v) is 4.48. The molecule has 1 aromatic rings. The highest BCUT2D eigenvalue weighted by atomic mass is 19.1. The topological polar surface area (TPSA) is 26.0 Å². The molecule has 82 valence electrons. The molecule has 0 spiro atoms. The van der Waals surface area contributed by atoms with Gasteiger partial charge in [0.15, 0.2) is 0 Å². The molecule has 0 aromatic heterocycles. The van der Waals surface area contributed by atoms with E-state index in [4.69, 9.17) is 5.73 Å². The standard InChI is InChI=1S/C13H18FN/c14-12-8-4-7-11(9-12)13(15)10-5-2-1-3-6-10/h4,7-10,13H,1-3,5-6,15H2/t13-/m0/s1. The molecule has 0 unspecified atom stereocenters. The van der Waals surface area contributed by atoms with Crippen LogP contribution in [0.3, 0.4) is 0 Å². The minimum atomic E-state index is -0.182. The van der Waals surface area contributed by atoms with E-state index >= 15 is 0 Å². The fraction of sp³-hybridized carbons (Fsp3) is 0.538.